The van der Waals surface area contributed by atoms with Crippen molar-refractivity contribution in [3.8, 4) is 0 Å². The van der Waals surface area contributed by atoms with Crippen molar-refractivity contribution in [2.75, 3.05) is 106 Å². The van der Waals surface area contributed by atoms with Gasteiger partial charge in [-0.05, 0) is 12.8 Å². The molecule has 0 aromatic heterocycles. The van der Waals surface area contributed by atoms with E-state index in [0.29, 0.717) is 105 Å². The molecular formula is C28H54O11. The monoisotopic (exact) mass is 566 g/mol. The van der Waals surface area contributed by atoms with E-state index in [2.05, 4.69) is 13.8 Å². The maximum Gasteiger partial charge on any atom is 0.305 e. The summed E-state index contributed by atoms with van der Waals surface area (Å²) in [5.74, 6) is -0.321. The molecule has 0 aliphatic rings. The number of carbonyl (C=O) groups excluding carboxylic acids is 2. The van der Waals surface area contributed by atoms with Crippen molar-refractivity contribution < 1.29 is 52.2 Å². The predicted molar refractivity (Wildman–Crippen MR) is 146 cm³/mol. The molecule has 0 spiro atoms. The summed E-state index contributed by atoms with van der Waals surface area (Å²) in [6, 6.07) is 0. The third kappa shape index (κ3) is 32.8. The minimum absolute atomic E-state index is 0.160. The minimum Gasteiger partial charge on any atom is -0.463 e. The molecule has 11 nitrogen and oxygen atoms in total. The number of hydrogen-bond acceptors (Lipinski definition) is 11. The Labute approximate surface area is 235 Å². The summed E-state index contributed by atoms with van der Waals surface area (Å²) >= 11 is 0. The van der Waals surface area contributed by atoms with Crippen LogP contribution in [0.3, 0.4) is 0 Å². The summed E-state index contributed by atoms with van der Waals surface area (Å²) in [4.78, 5) is 22.9. The van der Waals surface area contributed by atoms with Crippen molar-refractivity contribution in [2.24, 2.45) is 0 Å². The molecule has 0 saturated heterocycles. The van der Waals surface area contributed by atoms with Crippen LogP contribution in [-0.2, 0) is 52.2 Å². The third-order valence-corrected chi connectivity index (χ3v) is 5.18. The van der Waals surface area contributed by atoms with Crippen molar-refractivity contribution in [1.29, 1.82) is 0 Å². The zero-order valence-electron chi connectivity index (χ0n) is 24.5. The van der Waals surface area contributed by atoms with Crippen molar-refractivity contribution in [1.82, 2.24) is 0 Å². The first-order chi connectivity index (χ1) is 19.2. The smallest absolute Gasteiger partial charge is 0.305 e. The van der Waals surface area contributed by atoms with Gasteiger partial charge in [-0.15, -0.1) is 0 Å². The van der Waals surface area contributed by atoms with Crippen molar-refractivity contribution in [2.45, 2.75) is 65.2 Å². The average molecular weight is 567 g/mol. The van der Waals surface area contributed by atoms with E-state index in [1.165, 1.54) is 0 Å². The predicted octanol–water partition coefficient (Wildman–Crippen LogP) is 3.35. The van der Waals surface area contributed by atoms with Crippen LogP contribution in [-0.4, -0.2) is 118 Å². The first-order valence-corrected chi connectivity index (χ1v) is 14.6. The van der Waals surface area contributed by atoms with Crippen LogP contribution < -0.4 is 0 Å². The Balaban J connectivity index is 3.11. The molecule has 0 bridgehead atoms. The fraction of sp³-hybridized carbons (Fsp3) is 0.929. The van der Waals surface area contributed by atoms with Gasteiger partial charge in [-0.1, -0.05) is 39.5 Å². The number of carbonyl (C=O) groups is 2. The largest absolute Gasteiger partial charge is 0.463 e. The zero-order chi connectivity index (χ0) is 28.5. The standard InChI is InChI=1S/C28H54O11/c1-3-5-7-9-27(29)38-25-23-36-21-19-34-17-15-32-13-11-31-12-14-33-16-18-35-20-22-37-24-26-39-28(30)10-8-6-4-2/h3-26H2,1-2H3. The Morgan fingerprint density at radius 2 is 0.590 bits per heavy atom. The summed E-state index contributed by atoms with van der Waals surface area (Å²) < 4.78 is 48.1. The van der Waals surface area contributed by atoms with E-state index in [4.69, 9.17) is 42.6 Å². The molecule has 0 unspecified atom stereocenters. The molecule has 0 aliphatic carbocycles. The van der Waals surface area contributed by atoms with E-state index in [9.17, 15) is 9.59 Å². The van der Waals surface area contributed by atoms with Gasteiger partial charge in [0.1, 0.15) is 13.2 Å². The van der Waals surface area contributed by atoms with Gasteiger partial charge in [-0.2, -0.15) is 0 Å². The SMILES string of the molecule is CCCCCC(=O)OCCOCCOCCOCCOCCOCCOCCOCCOC(=O)CCCCC. The second-order valence-corrected chi connectivity index (χ2v) is 8.64. The number of rotatable bonds is 32. The molecule has 0 aliphatic heterocycles. The van der Waals surface area contributed by atoms with Gasteiger partial charge in [0.15, 0.2) is 0 Å². The van der Waals surface area contributed by atoms with Gasteiger partial charge in [0.25, 0.3) is 0 Å². The van der Waals surface area contributed by atoms with Crippen molar-refractivity contribution in [3.05, 3.63) is 0 Å². The molecule has 0 heterocycles. The van der Waals surface area contributed by atoms with E-state index in [-0.39, 0.29) is 25.2 Å². The van der Waals surface area contributed by atoms with Gasteiger partial charge in [0, 0.05) is 12.8 Å². The Morgan fingerprint density at radius 3 is 0.821 bits per heavy atom. The highest BCUT2D eigenvalue weighted by molar-refractivity contribution is 5.69. The zero-order valence-corrected chi connectivity index (χ0v) is 24.5. The number of ether oxygens (including phenoxy) is 9. The van der Waals surface area contributed by atoms with Crippen LogP contribution in [0.25, 0.3) is 0 Å². The lowest BCUT2D eigenvalue weighted by Gasteiger charge is -2.09. The normalized spacial score (nSPS) is 11.1. The van der Waals surface area contributed by atoms with E-state index in [0.717, 1.165) is 38.5 Å². The third-order valence-electron chi connectivity index (χ3n) is 5.18. The van der Waals surface area contributed by atoms with E-state index in [1.807, 2.05) is 0 Å². The fourth-order valence-corrected chi connectivity index (χ4v) is 3.03. The molecule has 0 saturated carbocycles. The Hall–Kier alpha value is -1.34. The number of esters is 2. The topological polar surface area (TPSA) is 117 Å². The molecular weight excluding hydrogens is 512 g/mol. The second-order valence-electron chi connectivity index (χ2n) is 8.64. The van der Waals surface area contributed by atoms with Crippen molar-refractivity contribution in [3.63, 3.8) is 0 Å². The molecule has 39 heavy (non-hydrogen) atoms. The highest BCUT2D eigenvalue weighted by Gasteiger charge is 2.03. The van der Waals surface area contributed by atoms with Gasteiger partial charge in [-0.3, -0.25) is 9.59 Å². The van der Waals surface area contributed by atoms with Gasteiger partial charge >= 0.3 is 11.9 Å². The Morgan fingerprint density at radius 1 is 0.359 bits per heavy atom. The van der Waals surface area contributed by atoms with Gasteiger partial charge in [-0.25, -0.2) is 0 Å². The molecule has 11 heteroatoms. The van der Waals surface area contributed by atoms with E-state index < -0.39 is 0 Å². The lowest BCUT2D eigenvalue weighted by molar-refractivity contribution is -0.146. The van der Waals surface area contributed by atoms with Crippen LogP contribution in [0.4, 0.5) is 0 Å². The maximum atomic E-state index is 11.4. The molecule has 232 valence electrons. The minimum atomic E-state index is -0.160. The van der Waals surface area contributed by atoms with Crippen LogP contribution in [0.5, 0.6) is 0 Å². The first-order valence-electron chi connectivity index (χ1n) is 14.6. The number of hydrogen-bond donors (Lipinski definition) is 0. The lowest BCUT2D eigenvalue weighted by atomic mass is 10.2. The summed E-state index contributed by atoms with van der Waals surface area (Å²) in [6.45, 7) is 11.3. The van der Waals surface area contributed by atoms with E-state index in [1.54, 1.807) is 0 Å². The summed E-state index contributed by atoms with van der Waals surface area (Å²) in [6.07, 6.45) is 6.99. The quantitative estimate of drug-likeness (QED) is 0.0881. The van der Waals surface area contributed by atoms with Gasteiger partial charge in [0.2, 0.25) is 0 Å². The summed E-state index contributed by atoms with van der Waals surface area (Å²) in [7, 11) is 0. The second kappa shape index (κ2) is 32.9. The molecule has 0 aromatic carbocycles. The maximum absolute atomic E-state index is 11.4. The molecule has 0 rings (SSSR count). The molecule has 0 fully saturated rings. The highest BCUT2D eigenvalue weighted by Crippen LogP contribution is 2.01. The fourth-order valence-electron chi connectivity index (χ4n) is 3.03. The summed E-state index contributed by atoms with van der Waals surface area (Å²) in [5.41, 5.74) is 0. The van der Waals surface area contributed by atoms with Crippen LogP contribution in [0.2, 0.25) is 0 Å². The van der Waals surface area contributed by atoms with Gasteiger partial charge < -0.3 is 42.6 Å². The van der Waals surface area contributed by atoms with E-state index >= 15 is 0 Å². The molecule has 0 atom stereocenters. The molecule has 0 amide bonds. The molecule has 0 radical (unpaired) electrons. The summed E-state index contributed by atoms with van der Waals surface area (Å²) in [5, 5.41) is 0. The molecule has 0 aromatic rings. The lowest BCUT2D eigenvalue weighted by Crippen LogP contribution is -2.15. The van der Waals surface area contributed by atoms with Crippen molar-refractivity contribution >= 4 is 11.9 Å². The number of unbranched alkanes of at least 4 members (excludes halogenated alkanes) is 4. The average Bonchev–Trinajstić information content (AvgIpc) is 2.93. The highest BCUT2D eigenvalue weighted by atomic mass is 16.6. The Bertz CT molecular complexity index is 476. The van der Waals surface area contributed by atoms with Gasteiger partial charge in [0.05, 0.1) is 92.5 Å². The van der Waals surface area contributed by atoms with Crippen LogP contribution in [0, 0.1) is 0 Å². The first kappa shape index (κ1) is 37.7. The van der Waals surface area contributed by atoms with Crippen LogP contribution in [0.15, 0.2) is 0 Å². The Kier molecular flexibility index (Phi) is 31.7. The van der Waals surface area contributed by atoms with Crippen LogP contribution >= 0.6 is 0 Å². The van der Waals surface area contributed by atoms with Crippen LogP contribution in [0.1, 0.15) is 65.2 Å². The molecule has 0 N–H and O–H groups in total.